The van der Waals surface area contributed by atoms with E-state index in [2.05, 4.69) is 2.85 Å². The average molecular weight is 264 g/mol. The van der Waals surface area contributed by atoms with Gasteiger partial charge in [-0.05, 0) is 6.42 Å². The van der Waals surface area contributed by atoms with E-state index in [1.54, 1.807) is 0 Å². The second kappa shape index (κ2) is 3.30. The van der Waals surface area contributed by atoms with Gasteiger partial charge in [0.15, 0.2) is 0 Å². The third kappa shape index (κ3) is 2.16. The summed E-state index contributed by atoms with van der Waals surface area (Å²) < 4.78 is 24.8. The second-order valence-electron chi connectivity index (χ2n) is 1.54. The quantitative estimate of drug-likeness (QED) is 0.536. The normalized spacial score (nSPS) is 25.9. The van der Waals surface area contributed by atoms with Gasteiger partial charge in [-0.2, -0.15) is 0 Å². The number of hydrogen-bond donors (Lipinski definition) is 0. The topological polar surface area (TPSA) is 44.8 Å². The molecule has 6 heteroatoms. The SMILES string of the molecule is O=P1(OI)OCCCO1. The molecule has 1 fully saturated rings. The van der Waals surface area contributed by atoms with Crippen molar-refractivity contribution in [1.29, 1.82) is 0 Å². The van der Waals surface area contributed by atoms with Gasteiger partial charge in [-0.1, -0.05) is 0 Å². The first-order chi connectivity index (χ1) is 4.27. The highest BCUT2D eigenvalue weighted by atomic mass is 127. The standard InChI is InChI=1S/C3H6IO4P/c4-8-9(5)6-2-1-3-7-9/h1-3H2. The molecule has 9 heavy (non-hydrogen) atoms. The molecule has 0 radical (unpaired) electrons. The first-order valence-electron chi connectivity index (χ1n) is 2.46. The highest BCUT2D eigenvalue weighted by molar-refractivity contribution is 14.1. The van der Waals surface area contributed by atoms with Gasteiger partial charge in [-0.25, -0.2) is 7.42 Å². The van der Waals surface area contributed by atoms with Crippen molar-refractivity contribution >= 4 is 30.8 Å². The molecule has 0 unspecified atom stereocenters. The van der Waals surface area contributed by atoms with E-state index in [-0.39, 0.29) is 0 Å². The number of halogens is 1. The highest BCUT2D eigenvalue weighted by Crippen LogP contribution is 2.53. The fraction of sp³-hybridized carbons (Fsp3) is 1.00. The van der Waals surface area contributed by atoms with Crippen LogP contribution in [0.2, 0.25) is 0 Å². The van der Waals surface area contributed by atoms with Crippen LogP contribution in [0, 0.1) is 0 Å². The van der Waals surface area contributed by atoms with Crippen molar-refractivity contribution in [2.24, 2.45) is 0 Å². The van der Waals surface area contributed by atoms with Crippen LogP contribution in [-0.2, 0) is 16.5 Å². The number of rotatable bonds is 1. The second-order valence-corrected chi connectivity index (χ2v) is 4.27. The van der Waals surface area contributed by atoms with Crippen molar-refractivity contribution in [3.05, 3.63) is 0 Å². The van der Waals surface area contributed by atoms with Crippen LogP contribution < -0.4 is 0 Å². The maximum atomic E-state index is 10.9. The monoisotopic (exact) mass is 264 g/mol. The van der Waals surface area contributed by atoms with E-state index in [0.717, 1.165) is 6.42 Å². The van der Waals surface area contributed by atoms with Crippen molar-refractivity contribution in [3.63, 3.8) is 0 Å². The van der Waals surface area contributed by atoms with Gasteiger partial charge in [0.25, 0.3) is 0 Å². The predicted octanol–water partition coefficient (Wildman–Crippen LogP) is 1.90. The molecule has 0 saturated carbocycles. The molecule has 54 valence electrons. The molecule has 0 aromatic carbocycles. The lowest BCUT2D eigenvalue weighted by Gasteiger charge is -2.18. The van der Waals surface area contributed by atoms with E-state index in [1.807, 2.05) is 0 Å². The molecule has 1 saturated heterocycles. The number of hydrogen-bond acceptors (Lipinski definition) is 4. The Morgan fingerprint density at radius 3 is 2.33 bits per heavy atom. The van der Waals surface area contributed by atoms with E-state index >= 15 is 0 Å². The Bertz CT molecular complexity index is 128. The van der Waals surface area contributed by atoms with Crippen LogP contribution in [-0.4, -0.2) is 13.2 Å². The maximum Gasteiger partial charge on any atom is 0.484 e. The fourth-order valence-electron chi connectivity index (χ4n) is 0.489. The van der Waals surface area contributed by atoms with Crippen molar-refractivity contribution in [3.8, 4) is 0 Å². The minimum Gasteiger partial charge on any atom is -0.286 e. The third-order valence-electron chi connectivity index (χ3n) is 0.872. The van der Waals surface area contributed by atoms with Crippen molar-refractivity contribution in [1.82, 2.24) is 0 Å². The molecule has 4 nitrogen and oxygen atoms in total. The molecular formula is C3H6IO4P. The van der Waals surface area contributed by atoms with Gasteiger partial charge in [-0.15, -0.1) is 0 Å². The molecule has 1 aliphatic rings. The van der Waals surface area contributed by atoms with Crippen molar-refractivity contribution in [2.75, 3.05) is 13.2 Å². The summed E-state index contributed by atoms with van der Waals surface area (Å²) >= 11 is 1.51. The Morgan fingerprint density at radius 2 is 2.00 bits per heavy atom. The third-order valence-corrected chi connectivity index (χ3v) is 3.49. The summed E-state index contributed by atoms with van der Waals surface area (Å²) in [6, 6.07) is 0. The van der Waals surface area contributed by atoms with E-state index in [9.17, 15) is 4.57 Å². The molecular weight excluding hydrogens is 258 g/mol. The summed E-state index contributed by atoms with van der Waals surface area (Å²) in [5, 5.41) is 0. The van der Waals surface area contributed by atoms with Gasteiger partial charge in [-0.3, -0.25) is 9.05 Å². The molecule has 0 N–H and O–H groups in total. The van der Waals surface area contributed by atoms with Gasteiger partial charge in [0.05, 0.1) is 13.2 Å². The highest BCUT2D eigenvalue weighted by Gasteiger charge is 2.28. The zero-order valence-electron chi connectivity index (χ0n) is 4.58. The summed E-state index contributed by atoms with van der Waals surface area (Å²) in [7, 11) is -3.11. The first-order valence-corrected chi connectivity index (χ1v) is 4.80. The van der Waals surface area contributed by atoms with Crippen molar-refractivity contribution in [2.45, 2.75) is 6.42 Å². The lowest BCUT2D eigenvalue weighted by molar-refractivity contribution is 0.116. The molecule has 0 aromatic heterocycles. The van der Waals surface area contributed by atoms with Gasteiger partial charge < -0.3 is 0 Å². The average Bonchev–Trinajstić information content (AvgIpc) is 1.90. The summed E-state index contributed by atoms with van der Waals surface area (Å²) in [5.41, 5.74) is 0. The molecule has 0 amide bonds. The summed E-state index contributed by atoms with van der Waals surface area (Å²) in [6.07, 6.45) is 0.782. The molecule has 0 aliphatic carbocycles. The van der Waals surface area contributed by atoms with Crippen LogP contribution in [0.15, 0.2) is 0 Å². The Balaban J connectivity index is 2.47. The van der Waals surface area contributed by atoms with E-state index < -0.39 is 7.82 Å². The fourth-order valence-corrected chi connectivity index (χ4v) is 2.03. The Kier molecular flexibility index (Phi) is 2.91. The zero-order valence-corrected chi connectivity index (χ0v) is 7.63. The van der Waals surface area contributed by atoms with Gasteiger partial charge in [0, 0.05) is 0 Å². The van der Waals surface area contributed by atoms with Crippen molar-refractivity contribution < 1.29 is 16.5 Å². The lowest BCUT2D eigenvalue weighted by Crippen LogP contribution is -2.07. The Morgan fingerprint density at radius 1 is 1.44 bits per heavy atom. The number of phosphoric acid groups is 1. The molecule has 1 aliphatic heterocycles. The van der Waals surface area contributed by atoms with Crippen LogP contribution in [0.25, 0.3) is 0 Å². The maximum absolute atomic E-state index is 10.9. The van der Waals surface area contributed by atoms with Crippen LogP contribution in [0.5, 0.6) is 0 Å². The van der Waals surface area contributed by atoms with Gasteiger partial charge in [0.1, 0.15) is 23.0 Å². The summed E-state index contributed by atoms with van der Waals surface area (Å²) in [6.45, 7) is 0.917. The zero-order chi connectivity index (χ0) is 6.74. The van der Waals surface area contributed by atoms with Crippen LogP contribution in [0.1, 0.15) is 6.42 Å². The van der Waals surface area contributed by atoms with E-state index in [1.165, 1.54) is 23.0 Å². The predicted molar refractivity (Wildman–Crippen MR) is 39.2 cm³/mol. The Hall–Kier alpha value is 0.840. The largest absolute Gasteiger partial charge is 0.484 e. The summed E-state index contributed by atoms with van der Waals surface area (Å²) in [5.74, 6) is 0. The van der Waals surface area contributed by atoms with Crippen LogP contribution in [0.3, 0.4) is 0 Å². The summed E-state index contributed by atoms with van der Waals surface area (Å²) in [4.78, 5) is 0. The smallest absolute Gasteiger partial charge is 0.286 e. The van der Waals surface area contributed by atoms with Gasteiger partial charge in [0.2, 0.25) is 0 Å². The van der Waals surface area contributed by atoms with E-state index in [0.29, 0.717) is 13.2 Å². The number of phosphoric ester groups is 1. The molecule has 1 rings (SSSR count). The first kappa shape index (κ1) is 7.94. The molecule has 0 atom stereocenters. The lowest BCUT2D eigenvalue weighted by atomic mass is 10.5. The minimum absolute atomic E-state index is 0.459. The van der Waals surface area contributed by atoms with Crippen LogP contribution in [0.4, 0.5) is 0 Å². The molecule has 1 heterocycles. The molecule has 0 spiro atoms. The van der Waals surface area contributed by atoms with Gasteiger partial charge >= 0.3 is 7.82 Å². The van der Waals surface area contributed by atoms with Crippen LogP contribution >= 0.6 is 30.8 Å². The molecule has 0 bridgehead atoms. The molecule has 0 aromatic rings. The minimum atomic E-state index is -3.11. The Labute approximate surface area is 67.2 Å². The van der Waals surface area contributed by atoms with E-state index in [4.69, 9.17) is 9.05 Å².